The van der Waals surface area contributed by atoms with Crippen molar-refractivity contribution < 1.29 is 10.0 Å². The highest BCUT2D eigenvalue weighted by Gasteiger charge is 2.07. The van der Waals surface area contributed by atoms with Gasteiger partial charge in [-0.3, -0.25) is 0 Å². The van der Waals surface area contributed by atoms with Crippen molar-refractivity contribution in [2.75, 3.05) is 0 Å². The summed E-state index contributed by atoms with van der Waals surface area (Å²) < 4.78 is 1.11. The van der Waals surface area contributed by atoms with Gasteiger partial charge in [-0.05, 0) is 63.4 Å². The molecule has 2 heterocycles. The molecule has 0 bridgehead atoms. The quantitative estimate of drug-likeness (QED) is 0.207. The number of pyridine rings is 2. The van der Waals surface area contributed by atoms with E-state index in [4.69, 9.17) is 33.2 Å². The van der Waals surface area contributed by atoms with E-state index in [2.05, 4.69) is 32.6 Å². The summed E-state index contributed by atoms with van der Waals surface area (Å²) in [6, 6.07) is 26.3. The normalized spacial score (nSPS) is 9.50. The van der Waals surface area contributed by atoms with Crippen LogP contribution in [0.5, 0.6) is 0 Å². The standard InChI is InChI=1S/C11H8ClN.C6H7BO2.C5H3ClIN/c12-11-8-10(6-7-13-11)9-4-2-1-3-5-9;8-7(9)6-4-2-1-3-5-6;6-5-3-4(7)1-2-8-5/h1-8H;1-5,8-9H;1-3H. The first-order valence-corrected chi connectivity index (χ1v) is 10.6. The molecule has 0 aliphatic rings. The largest absolute Gasteiger partial charge is 0.488 e. The third-order valence-electron chi connectivity index (χ3n) is 3.62. The molecule has 8 heteroatoms. The van der Waals surface area contributed by atoms with E-state index in [9.17, 15) is 0 Å². The fraction of sp³-hybridized carbons (Fsp3) is 0. The van der Waals surface area contributed by atoms with Gasteiger partial charge >= 0.3 is 7.12 Å². The summed E-state index contributed by atoms with van der Waals surface area (Å²) >= 11 is 13.5. The monoisotopic (exact) mass is 550 g/mol. The molecule has 0 fully saturated rings. The number of nitrogens with zero attached hydrogens (tertiary/aromatic N) is 2. The van der Waals surface area contributed by atoms with Crippen molar-refractivity contribution >= 4 is 58.4 Å². The summed E-state index contributed by atoms with van der Waals surface area (Å²) in [4.78, 5) is 7.73. The minimum absolute atomic E-state index is 0.525. The van der Waals surface area contributed by atoms with Crippen LogP contribution in [0, 0.1) is 3.57 Å². The molecule has 30 heavy (non-hydrogen) atoms. The number of benzene rings is 2. The Morgan fingerprint density at radius 3 is 1.63 bits per heavy atom. The fourth-order valence-corrected chi connectivity index (χ4v) is 3.20. The summed E-state index contributed by atoms with van der Waals surface area (Å²) in [7, 11) is -1.34. The lowest BCUT2D eigenvalue weighted by Gasteiger charge is -1.99. The smallest absolute Gasteiger partial charge is 0.423 e. The Bertz CT molecular complexity index is 1010. The van der Waals surface area contributed by atoms with E-state index >= 15 is 0 Å². The zero-order chi connectivity index (χ0) is 21.8. The van der Waals surface area contributed by atoms with Gasteiger partial charge in [0.05, 0.1) is 0 Å². The van der Waals surface area contributed by atoms with Crippen LogP contribution in [-0.4, -0.2) is 27.1 Å². The average molecular weight is 551 g/mol. The Hall–Kier alpha value is -1.97. The Labute approximate surface area is 199 Å². The zero-order valence-corrected chi connectivity index (χ0v) is 19.4. The van der Waals surface area contributed by atoms with Gasteiger partial charge < -0.3 is 10.0 Å². The van der Waals surface area contributed by atoms with Crippen LogP contribution in [0.15, 0.2) is 97.3 Å². The summed E-state index contributed by atoms with van der Waals surface area (Å²) in [5, 5.41) is 18.2. The molecular formula is C22H18BCl2IN2O2. The van der Waals surface area contributed by atoms with Crippen LogP contribution in [0.1, 0.15) is 0 Å². The molecule has 0 aliphatic heterocycles. The maximum absolute atomic E-state index is 8.58. The van der Waals surface area contributed by atoms with Crippen LogP contribution in [-0.2, 0) is 0 Å². The molecule has 2 N–H and O–H groups in total. The molecular weight excluding hydrogens is 533 g/mol. The minimum atomic E-state index is -1.34. The Morgan fingerprint density at radius 1 is 0.667 bits per heavy atom. The lowest BCUT2D eigenvalue weighted by Crippen LogP contribution is -2.29. The molecule has 0 amide bonds. The molecule has 0 unspecified atom stereocenters. The van der Waals surface area contributed by atoms with E-state index in [1.807, 2.05) is 60.7 Å². The summed E-state index contributed by atoms with van der Waals surface area (Å²) in [6.07, 6.45) is 3.40. The number of rotatable bonds is 2. The van der Waals surface area contributed by atoms with Gasteiger partial charge in [-0.1, -0.05) is 83.9 Å². The van der Waals surface area contributed by atoms with Gasteiger partial charge in [-0.15, -0.1) is 0 Å². The van der Waals surface area contributed by atoms with Crippen molar-refractivity contribution in [2.24, 2.45) is 0 Å². The molecule has 152 valence electrons. The zero-order valence-electron chi connectivity index (χ0n) is 15.7. The van der Waals surface area contributed by atoms with Crippen LogP contribution in [0.25, 0.3) is 11.1 Å². The van der Waals surface area contributed by atoms with Gasteiger partial charge in [0.25, 0.3) is 0 Å². The van der Waals surface area contributed by atoms with Crippen LogP contribution in [0.4, 0.5) is 0 Å². The molecule has 2 aromatic carbocycles. The Kier molecular flexibility index (Phi) is 10.8. The lowest BCUT2D eigenvalue weighted by molar-refractivity contribution is 0.426. The van der Waals surface area contributed by atoms with Gasteiger partial charge in [0, 0.05) is 16.0 Å². The van der Waals surface area contributed by atoms with E-state index in [-0.39, 0.29) is 0 Å². The van der Waals surface area contributed by atoms with Crippen LogP contribution >= 0.6 is 45.8 Å². The van der Waals surface area contributed by atoms with Crippen LogP contribution in [0.3, 0.4) is 0 Å². The van der Waals surface area contributed by atoms with E-state index in [0.717, 1.165) is 14.7 Å². The second-order valence-corrected chi connectivity index (χ2v) is 7.83. The van der Waals surface area contributed by atoms with E-state index in [1.54, 1.807) is 36.7 Å². The number of halogens is 3. The van der Waals surface area contributed by atoms with Gasteiger partial charge in [0.2, 0.25) is 0 Å². The maximum Gasteiger partial charge on any atom is 0.488 e. The molecule has 4 rings (SSSR count). The first-order valence-electron chi connectivity index (χ1n) is 8.81. The Morgan fingerprint density at radius 2 is 1.20 bits per heavy atom. The lowest BCUT2D eigenvalue weighted by atomic mass is 9.81. The molecule has 2 aromatic heterocycles. The number of aromatic nitrogens is 2. The van der Waals surface area contributed by atoms with E-state index in [0.29, 0.717) is 15.8 Å². The van der Waals surface area contributed by atoms with Gasteiger partial charge in [0.1, 0.15) is 10.3 Å². The molecule has 0 aliphatic carbocycles. The Balaban J connectivity index is 0.000000167. The average Bonchev–Trinajstić information content (AvgIpc) is 2.76. The predicted molar refractivity (Wildman–Crippen MR) is 133 cm³/mol. The van der Waals surface area contributed by atoms with Gasteiger partial charge in [-0.25, -0.2) is 9.97 Å². The first-order chi connectivity index (χ1) is 14.5. The SMILES string of the molecule is Clc1cc(-c2ccccc2)ccn1.Clc1cc(I)ccn1.OB(O)c1ccccc1. The summed E-state index contributed by atoms with van der Waals surface area (Å²) in [6.45, 7) is 0. The molecule has 0 spiro atoms. The fourth-order valence-electron chi connectivity index (χ4n) is 2.22. The molecule has 0 saturated heterocycles. The van der Waals surface area contributed by atoms with Crippen molar-refractivity contribution in [1.82, 2.24) is 9.97 Å². The first kappa shape index (κ1) is 24.3. The molecule has 0 saturated carbocycles. The summed E-state index contributed by atoms with van der Waals surface area (Å²) in [5.74, 6) is 0. The second kappa shape index (κ2) is 13.4. The van der Waals surface area contributed by atoms with Gasteiger partial charge in [-0.2, -0.15) is 0 Å². The number of hydrogen-bond donors (Lipinski definition) is 2. The van der Waals surface area contributed by atoms with Gasteiger partial charge in [0.15, 0.2) is 0 Å². The van der Waals surface area contributed by atoms with Crippen LogP contribution in [0.2, 0.25) is 10.3 Å². The maximum atomic E-state index is 8.58. The summed E-state index contributed by atoms with van der Waals surface area (Å²) in [5.41, 5.74) is 2.78. The third-order valence-corrected chi connectivity index (χ3v) is 4.70. The minimum Gasteiger partial charge on any atom is -0.423 e. The second-order valence-electron chi connectivity index (χ2n) is 5.81. The van der Waals surface area contributed by atoms with Crippen LogP contribution < -0.4 is 5.46 Å². The molecule has 0 radical (unpaired) electrons. The molecule has 4 aromatic rings. The van der Waals surface area contributed by atoms with E-state index < -0.39 is 7.12 Å². The number of hydrogen-bond acceptors (Lipinski definition) is 4. The van der Waals surface area contributed by atoms with E-state index in [1.165, 1.54) is 0 Å². The van der Waals surface area contributed by atoms with Crippen molar-refractivity contribution in [3.8, 4) is 11.1 Å². The van der Waals surface area contributed by atoms with Crippen molar-refractivity contribution in [2.45, 2.75) is 0 Å². The van der Waals surface area contributed by atoms with Crippen molar-refractivity contribution in [1.29, 1.82) is 0 Å². The molecule has 0 atom stereocenters. The highest BCUT2D eigenvalue weighted by atomic mass is 127. The third kappa shape index (κ3) is 9.23. The highest BCUT2D eigenvalue weighted by Crippen LogP contribution is 2.20. The predicted octanol–water partition coefficient (Wildman–Crippen LogP) is 5.11. The van der Waals surface area contributed by atoms with Crippen molar-refractivity contribution in [3.05, 3.63) is 111 Å². The molecule has 4 nitrogen and oxygen atoms in total. The highest BCUT2D eigenvalue weighted by molar-refractivity contribution is 14.1. The topological polar surface area (TPSA) is 66.2 Å². The van der Waals surface area contributed by atoms with Crippen molar-refractivity contribution in [3.63, 3.8) is 0 Å².